The normalized spacial score (nSPS) is 19.3. The number of aliphatic imine (C=N–C) groups is 1. The maximum atomic E-state index is 12.4. The summed E-state index contributed by atoms with van der Waals surface area (Å²) in [7, 11) is 1.38. The van der Waals surface area contributed by atoms with Crippen molar-refractivity contribution < 1.29 is 23.9 Å². The number of likely N-dealkylation sites (tertiary alicyclic amines) is 1. The molecule has 29 heavy (non-hydrogen) atoms. The molecule has 3 rings (SSSR count). The van der Waals surface area contributed by atoms with E-state index in [1.165, 1.54) is 30.7 Å². The highest BCUT2D eigenvalue weighted by atomic mass is 32.1. The van der Waals surface area contributed by atoms with Gasteiger partial charge in [0.05, 0.1) is 18.7 Å². The predicted octanol–water partition coefficient (Wildman–Crippen LogP) is 1.21. The van der Waals surface area contributed by atoms with Crippen molar-refractivity contribution in [3.63, 3.8) is 0 Å². The summed E-state index contributed by atoms with van der Waals surface area (Å²) in [4.78, 5) is 57.4. The summed E-state index contributed by atoms with van der Waals surface area (Å²) in [5, 5.41) is 4.78. The van der Waals surface area contributed by atoms with Crippen molar-refractivity contribution >= 4 is 46.4 Å². The van der Waals surface area contributed by atoms with Crippen LogP contribution in [0.2, 0.25) is 0 Å². The van der Waals surface area contributed by atoms with E-state index in [4.69, 9.17) is 4.74 Å². The minimum Gasteiger partial charge on any atom is -0.469 e. The highest BCUT2D eigenvalue weighted by Crippen LogP contribution is 2.21. The molecule has 1 unspecified atom stereocenters. The average molecular weight is 418 g/mol. The van der Waals surface area contributed by atoms with Crippen LogP contribution in [0.4, 0.5) is 5.13 Å². The Kier molecular flexibility index (Phi) is 6.86. The number of amides is 3. The lowest BCUT2D eigenvalue weighted by molar-refractivity contribution is -0.148. The average Bonchev–Trinajstić information content (AvgIpc) is 3.19. The first-order chi connectivity index (χ1) is 14.0. The lowest BCUT2D eigenvalue weighted by Crippen LogP contribution is -2.40. The number of allylic oxidation sites excluding steroid dienone is 1. The third-order valence-electron chi connectivity index (χ3n) is 4.90. The molecule has 0 aromatic carbocycles. The van der Waals surface area contributed by atoms with E-state index in [2.05, 4.69) is 15.3 Å². The van der Waals surface area contributed by atoms with Gasteiger partial charge in [0.1, 0.15) is 5.92 Å². The van der Waals surface area contributed by atoms with Crippen molar-refractivity contribution in [2.75, 3.05) is 25.5 Å². The van der Waals surface area contributed by atoms with Crippen molar-refractivity contribution in [1.29, 1.82) is 0 Å². The largest absolute Gasteiger partial charge is 0.469 e. The number of rotatable bonds is 6. The molecule has 1 aromatic rings. The van der Waals surface area contributed by atoms with Gasteiger partial charge in [-0.25, -0.2) is 9.98 Å². The summed E-state index contributed by atoms with van der Waals surface area (Å²) in [6, 6.07) is 0. The van der Waals surface area contributed by atoms with E-state index in [1.54, 1.807) is 16.4 Å². The van der Waals surface area contributed by atoms with Gasteiger partial charge in [0.15, 0.2) is 5.13 Å². The van der Waals surface area contributed by atoms with Crippen LogP contribution in [0.25, 0.3) is 0 Å². The Morgan fingerprint density at radius 3 is 2.76 bits per heavy atom. The molecule has 1 saturated heterocycles. The first-order valence-electron chi connectivity index (χ1n) is 9.33. The third-order valence-corrected chi connectivity index (χ3v) is 5.71. The molecule has 0 aliphatic carbocycles. The van der Waals surface area contributed by atoms with Crippen LogP contribution >= 0.6 is 11.3 Å². The van der Waals surface area contributed by atoms with E-state index < -0.39 is 17.7 Å². The van der Waals surface area contributed by atoms with Crippen molar-refractivity contribution in [3.05, 3.63) is 23.2 Å². The Balaban J connectivity index is 1.44. The Morgan fingerprint density at radius 2 is 2.07 bits per heavy atom. The number of piperidine rings is 1. The summed E-state index contributed by atoms with van der Waals surface area (Å²) in [5.74, 6) is -2.27. The summed E-state index contributed by atoms with van der Waals surface area (Å²) < 4.78 is 4.76. The van der Waals surface area contributed by atoms with Gasteiger partial charge in [-0.05, 0) is 25.3 Å². The van der Waals surface area contributed by atoms with Crippen LogP contribution in [-0.2, 0) is 30.3 Å². The summed E-state index contributed by atoms with van der Waals surface area (Å²) in [5.41, 5.74) is 0.701. The van der Waals surface area contributed by atoms with Crippen molar-refractivity contribution in [2.24, 2.45) is 16.8 Å². The number of hydrogen-bond acceptors (Lipinski definition) is 7. The molecule has 1 fully saturated rings. The van der Waals surface area contributed by atoms with Gasteiger partial charge in [-0.2, -0.15) is 0 Å². The maximum Gasteiger partial charge on any atom is 0.308 e. The molecule has 2 aliphatic heterocycles. The second-order valence-corrected chi connectivity index (χ2v) is 7.65. The Morgan fingerprint density at radius 1 is 1.31 bits per heavy atom. The number of ether oxygens (including phenoxy) is 1. The molecule has 10 heteroatoms. The second kappa shape index (κ2) is 9.55. The van der Waals surface area contributed by atoms with Crippen LogP contribution in [0.1, 0.15) is 25.0 Å². The number of hydrogen-bond donors (Lipinski definition) is 1. The highest BCUT2D eigenvalue weighted by Gasteiger charge is 2.28. The van der Waals surface area contributed by atoms with Gasteiger partial charge in [0, 0.05) is 31.1 Å². The molecule has 0 spiro atoms. The number of esters is 1. The SMILES string of the molecule is COC(=O)C1CCN(C(=O)CCc2csc(NC(=O)C3C=CC=NC3=O)n2)CC1. The standard InChI is InChI=1S/C19H22N4O5S/c1-28-18(27)12-6-9-23(10-7-12)15(24)5-4-13-11-29-19(21-13)22-17(26)14-3-2-8-20-16(14)25/h2-3,8,11-12,14H,4-7,9-10H2,1H3,(H,21,22,26). The minimum absolute atomic E-state index is 0.0164. The Labute approximate surface area is 171 Å². The molecule has 3 amide bonds. The number of dihydropyridines is 1. The molecule has 3 heterocycles. The van der Waals surface area contributed by atoms with E-state index in [-0.39, 0.29) is 17.8 Å². The summed E-state index contributed by atoms with van der Waals surface area (Å²) >= 11 is 1.24. The minimum atomic E-state index is -0.943. The lowest BCUT2D eigenvalue weighted by atomic mass is 9.97. The van der Waals surface area contributed by atoms with Gasteiger partial charge in [0.25, 0.3) is 5.91 Å². The number of aromatic nitrogens is 1. The zero-order valence-electron chi connectivity index (χ0n) is 16.0. The monoisotopic (exact) mass is 418 g/mol. The number of nitrogens with zero attached hydrogens (tertiary/aromatic N) is 3. The van der Waals surface area contributed by atoms with Crippen molar-refractivity contribution in [2.45, 2.75) is 25.7 Å². The van der Waals surface area contributed by atoms with Crippen LogP contribution in [0, 0.1) is 11.8 Å². The van der Waals surface area contributed by atoms with E-state index in [9.17, 15) is 19.2 Å². The van der Waals surface area contributed by atoms with Gasteiger partial charge < -0.3 is 15.0 Å². The molecule has 154 valence electrons. The number of anilines is 1. The number of carbonyl (C=O) groups is 4. The van der Waals surface area contributed by atoms with Gasteiger partial charge >= 0.3 is 5.97 Å². The molecule has 0 radical (unpaired) electrons. The number of thiazole rings is 1. The number of aryl methyl sites for hydroxylation is 1. The second-order valence-electron chi connectivity index (χ2n) is 6.79. The van der Waals surface area contributed by atoms with Crippen LogP contribution < -0.4 is 5.32 Å². The number of carbonyl (C=O) groups excluding carboxylic acids is 4. The molecule has 0 saturated carbocycles. The van der Waals surface area contributed by atoms with Gasteiger partial charge in [-0.1, -0.05) is 6.08 Å². The van der Waals surface area contributed by atoms with Crippen LogP contribution in [0.3, 0.4) is 0 Å². The summed E-state index contributed by atoms with van der Waals surface area (Å²) in [6.45, 7) is 1.09. The van der Waals surface area contributed by atoms with Crippen LogP contribution in [0.5, 0.6) is 0 Å². The Bertz CT molecular complexity index is 855. The highest BCUT2D eigenvalue weighted by molar-refractivity contribution is 7.13. The van der Waals surface area contributed by atoms with Gasteiger partial charge in [0.2, 0.25) is 11.8 Å². The first-order valence-corrected chi connectivity index (χ1v) is 10.2. The first kappa shape index (κ1) is 20.8. The fraction of sp³-hybridized carbons (Fsp3) is 0.474. The van der Waals surface area contributed by atoms with Crippen LogP contribution in [-0.4, -0.2) is 60.0 Å². The van der Waals surface area contributed by atoms with E-state index in [1.807, 2.05) is 0 Å². The smallest absolute Gasteiger partial charge is 0.308 e. The molecular weight excluding hydrogens is 396 g/mol. The quantitative estimate of drug-likeness (QED) is 0.548. The van der Waals surface area contributed by atoms with E-state index >= 15 is 0 Å². The molecule has 1 atom stereocenters. The zero-order chi connectivity index (χ0) is 20.8. The van der Waals surface area contributed by atoms with Gasteiger partial charge in [-0.3, -0.25) is 19.2 Å². The predicted molar refractivity (Wildman–Crippen MR) is 107 cm³/mol. The fourth-order valence-corrected chi connectivity index (χ4v) is 3.97. The molecule has 1 aromatic heterocycles. The van der Waals surface area contributed by atoms with Crippen LogP contribution in [0.15, 0.2) is 22.5 Å². The lowest BCUT2D eigenvalue weighted by Gasteiger charge is -2.30. The molecule has 1 N–H and O–H groups in total. The van der Waals surface area contributed by atoms with Crippen molar-refractivity contribution in [1.82, 2.24) is 9.88 Å². The maximum absolute atomic E-state index is 12.4. The fourth-order valence-electron chi connectivity index (χ4n) is 3.23. The van der Waals surface area contributed by atoms with Crippen molar-refractivity contribution in [3.8, 4) is 0 Å². The van der Waals surface area contributed by atoms with E-state index in [0.717, 1.165) is 0 Å². The molecular formula is C19H22N4O5S. The third kappa shape index (κ3) is 5.35. The number of methoxy groups -OCH3 is 1. The Hall–Kier alpha value is -2.88. The zero-order valence-corrected chi connectivity index (χ0v) is 16.8. The molecule has 2 aliphatic rings. The summed E-state index contributed by atoms with van der Waals surface area (Å²) in [6.07, 6.45) is 6.38. The van der Waals surface area contributed by atoms with E-state index in [0.29, 0.717) is 49.6 Å². The van der Waals surface area contributed by atoms with Gasteiger partial charge in [-0.15, -0.1) is 11.3 Å². The number of nitrogens with one attached hydrogen (secondary N) is 1. The molecule has 0 bridgehead atoms. The molecule has 9 nitrogen and oxygen atoms in total. The topological polar surface area (TPSA) is 118 Å².